The van der Waals surface area contributed by atoms with E-state index in [-0.39, 0.29) is 5.82 Å². The van der Waals surface area contributed by atoms with Gasteiger partial charge in [0.2, 0.25) is 0 Å². The standard InChI is InChI=1S/C11H11FN2S/c1-6-8-4-9(12)11(15-3)5-10(8)14-7(2)13-6/h4-5H,1-3H3. The molecule has 1 aromatic carbocycles. The molecule has 0 aliphatic heterocycles. The molecule has 0 aliphatic rings. The molecule has 0 atom stereocenters. The molecule has 0 radical (unpaired) electrons. The van der Waals surface area contributed by atoms with Gasteiger partial charge >= 0.3 is 0 Å². The maximum absolute atomic E-state index is 13.5. The first-order valence-electron chi connectivity index (χ1n) is 4.60. The Morgan fingerprint density at radius 2 is 1.93 bits per heavy atom. The molecule has 0 amide bonds. The van der Waals surface area contributed by atoms with Crippen LogP contribution in [0.4, 0.5) is 4.39 Å². The second kappa shape index (κ2) is 3.77. The second-order valence-electron chi connectivity index (χ2n) is 3.36. The molecule has 0 aliphatic carbocycles. The molecule has 0 bridgehead atoms. The van der Waals surface area contributed by atoms with Gasteiger partial charge in [0, 0.05) is 16.0 Å². The maximum Gasteiger partial charge on any atom is 0.137 e. The van der Waals surface area contributed by atoms with Crippen molar-refractivity contribution in [2.24, 2.45) is 0 Å². The van der Waals surface area contributed by atoms with E-state index in [1.807, 2.05) is 20.1 Å². The van der Waals surface area contributed by atoms with Crippen LogP contribution in [0.1, 0.15) is 11.5 Å². The van der Waals surface area contributed by atoms with Gasteiger partial charge in [0.15, 0.2) is 0 Å². The third kappa shape index (κ3) is 1.81. The lowest BCUT2D eigenvalue weighted by atomic mass is 10.2. The van der Waals surface area contributed by atoms with Crippen molar-refractivity contribution in [3.8, 4) is 0 Å². The number of rotatable bonds is 1. The van der Waals surface area contributed by atoms with Crippen molar-refractivity contribution in [2.75, 3.05) is 6.26 Å². The van der Waals surface area contributed by atoms with Crippen LogP contribution in [0, 0.1) is 19.7 Å². The number of halogens is 1. The first-order chi connectivity index (χ1) is 7.11. The van der Waals surface area contributed by atoms with Crippen molar-refractivity contribution in [1.82, 2.24) is 9.97 Å². The van der Waals surface area contributed by atoms with Crippen molar-refractivity contribution in [2.45, 2.75) is 18.7 Å². The summed E-state index contributed by atoms with van der Waals surface area (Å²) in [5, 5.41) is 0.788. The molecule has 15 heavy (non-hydrogen) atoms. The van der Waals surface area contributed by atoms with Gasteiger partial charge in [-0.3, -0.25) is 0 Å². The number of thioether (sulfide) groups is 1. The smallest absolute Gasteiger partial charge is 0.137 e. The van der Waals surface area contributed by atoms with Gasteiger partial charge in [-0.05, 0) is 32.2 Å². The van der Waals surface area contributed by atoms with Gasteiger partial charge in [-0.25, -0.2) is 14.4 Å². The highest BCUT2D eigenvalue weighted by atomic mass is 32.2. The van der Waals surface area contributed by atoms with E-state index in [0.717, 1.165) is 22.4 Å². The predicted octanol–water partition coefficient (Wildman–Crippen LogP) is 3.11. The zero-order valence-corrected chi connectivity index (χ0v) is 9.65. The van der Waals surface area contributed by atoms with Crippen molar-refractivity contribution in [3.63, 3.8) is 0 Å². The summed E-state index contributed by atoms with van der Waals surface area (Å²) in [5.74, 6) is 0.518. The van der Waals surface area contributed by atoms with Crippen LogP contribution < -0.4 is 0 Å². The number of nitrogens with zero attached hydrogens (tertiary/aromatic N) is 2. The van der Waals surface area contributed by atoms with Crippen molar-refractivity contribution >= 4 is 22.7 Å². The van der Waals surface area contributed by atoms with Crippen molar-refractivity contribution < 1.29 is 4.39 Å². The minimum absolute atomic E-state index is 0.203. The van der Waals surface area contributed by atoms with Crippen molar-refractivity contribution in [1.29, 1.82) is 0 Å². The fraction of sp³-hybridized carbons (Fsp3) is 0.273. The molecule has 0 fully saturated rings. The molecule has 0 N–H and O–H groups in total. The highest BCUT2D eigenvalue weighted by Crippen LogP contribution is 2.25. The zero-order valence-electron chi connectivity index (χ0n) is 8.84. The fourth-order valence-electron chi connectivity index (χ4n) is 1.58. The van der Waals surface area contributed by atoms with Crippen LogP contribution >= 0.6 is 11.8 Å². The predicted molar refractivity (Wildman–Crippen MR) is 60.8 cm³/mol. The van der Waals surface area contributed by atoms with Gasteiger partial charge in [0.05, 0.1) is 5.52 Å². The fourth-order valence-corrected chi connectivity index (χ4v) is 2.07. The Bertz CT molecular complexity index is 525. The first kappa shape index (κ1) is 10.4. The summed E-state index contributed by atoms with van der Waals surface area (Å²) < 4.78 is 13.5. The molecule has 4 heteroatoms. The summed E-state index contributed by atoms with van der Waals surface area (Å²) in [5.41, 5.74) is 1.63. The average molecular weight is 222 g/mol. The third-order valence-corrected chi connectivity index (χ3v) is 3.02. The normalized spacial score (nSPS) is 10.9. The Balaban J connectivity index is 2.81. The number of benzene rings is 1. The molecule has 1 heterocycles. The van der Waals surface area contributed by atoms with Crippen LogP contribution in [0.5, 0.6) is 0 Å². The second-order valence-corrected chi connectivity index (χ2v) is 4.21. The largest absolute Gasteiger partial charge is 0.238 e. The summed E-state index contributed by atoms with van der Waals surface area (Å²) in [6.07, 6.45) is 1.85. The van der Waals surface area contributed by atoms with E-state index in [1.165, 1.54) is 17.8 Å². The van der Waals surface area contributed by atoms with Crippen LogP contribution in [-0.4, -0.2) is 16.2 Å². The number of hydrogen-bond donors (Lipinski definition) is 0. The van der Waals surface area contributed by atoms with E-state index in [9.17, 15) is 4.39 Å². The van der Waals surface area contributed by atoms with E-state index in [0.29, 0.717) is 4.90 Å². The molecule has 2 rings (SSSR count). The third-order valence-electron chi connectivity index (χ3n) is 2.27. The summed E-state index contributed by atoms with van der Waals surface area (Å²) in [6.45, 7) is 3.71. The highest BCUT2D eigenvalue weighted by molar-refractivity contribution is 7.98. The van der Waals surface area contributed by atoms with Crippen molar-refractivity contribution in [3.05, 3.63) is 29.5 Å². The van der Waals surface area contributed by atoms with Gasteiger partial charge in [-0.15, -0.1) is 11.8 Å². The summed E-state index contributed by atoms with van der Waals surface area (Å²) in [6, 6.07) is 3.28. The molecule has 0 spiro atoms. The molecule has 78 valence electrons. The van der Waals surface area contributed by atoms with Crippen LogP contribution in [-0.2, 0) is 0 Å². The molecular weight excluding hydrogens is 211 g/mol. The summed E-state index contributed by atoms with van der Waals surface area (Å²) in [7, 11) is 0. The van der Waals surface area contributed by atoms with Gasteiger partial charge in [-0.2, -0.15) is 0 Å². The molecule has 0 saturated heterocycles. The lowest BCUT2D eigenvalue weighted by Gasteiger charge is -2.05. The quantitative estimate of drug-likeness (QED) is 0.693. The van der Waals surface area contributed by atoms with E-state index in [2.05, 4.69) is 9.97 Å². The minimum atomic E-state index is -0.203. The topological polar surface area (TPSA) is 25.8 Å². The lowest BCUT2D eigenvalue weighted by molar-refractivity contribution is 0.604. The zero-order chi connectivity index (χ0) is 11.0. The van der Waals surface area contributed by atoms with Crippen LogP contribution in [0.2, 0.25) is 0 Å². The molecule has 0 unspecified atom stereocenters. The molecular formula is C11H11FN2S. The molecule has 2 aromatic rings. The summed E-state index contributed by atoms with van der Waals surface area (Å²) in [4.78, 5) is 9.13. The SMILES string of the molecule is CSc1cc2nc(C)nc(C)c2cc1F. The minimum Gasteiger partial charge on any atom is -0.238 e. The average Bonchev–Trinajstić information content (AvgIpc) is 2.18. The van der Waals surface area contributed by atoms with Gasteiger partial charge < -0.3 is 0 Å². The highest BCUT2D eigenvalue weighted by Gasteiger charge is 2.07. The van der Waals surface area contributed by atoms with E-state index in [4.69, 9.17) is 0 Å². The van der Waals surface area contributed by atoms with E-state index in [1.54, 1.807) is 6.07 Å². The number of aryl methyl sites for hydroxylation is 2. The van der Waals surface area contributed by atoms with E-state index >= 15 is 0 Å². The summed E-state index contributed by atoms with van der Waals surface area (Å²) >= 11 is 1.39. The number of aromatic nitrogens is 2. The molecule has 2 nitrogen and oxygen atoms in total. The maximum atomic E-state index is 13.5. The van der Waals surface area contributed by atoms with Gasteiger partial charge in [0.1, 0.15) is 11.6 Å². The van der Waals surface area contributed by atoms with Gasteiger partial charge in [0.25, 0.3) is 0 Å². The first-order valence-corrected chi connectivity index (χ1v) is 5.83. The molecule has 0 saturated carbocycles. The van der Waals surface area contributed by atoms with E-state index < -0.39 is 0 Å². The Kier molecular flexibility index (Phi) is 2.61. The van der Waals surface area contributed by atoms with Crippen LogP contribution in [0.15, 0.2) is 17.0 Å². The monoisotopic (exact) mass is 222 g/mol. The number of fused-ring (bicyclic) bond motifs is 1. The van der Waals surface area contributed by atoms with Crippen LogP contribution in [0.25, 0.3) is 10.9 Å². The van der Waals surface area contributed by atoms with Gasteiger partial charge in [-0.1, -0.05) is 0 Å². The Morgan fingerprint density at radius 3 is 2.60 bits per heavy atom. The molecule has 1 aromatic heterocycles. The lowest BCUT2D eigenvalue weighted by Crippen LogP contribution is -1.94. The number of hydrogen-bond acceptors (Lipinski definition) is 3. The Labute approximate surface area is 91.9 Å². The Morgan fingerprint density at radius 1 is 1.20 bits per heavy atom. The van der Waals surface area contributed by atoms with Crippen LogP contribution in [0.3, 0.4) is 0 Å². The Hall–Kier alpha value is -1.16.